The first-order valence-electron chi connectivity index (χ1n) is 9.05. The highest BCUT2D eigenvalue weighted by Crippen LogP contribution is 2.37. The molecular formula is C24H15FN2O. The number of nitrogens with zero attached hydrogens (tertiary/aromatic N) is 2. The van der Waals surface area contributed by atoms with Crippen LogP contribution in [-0.2, 0) is 12.8 Å². The Hall–Kier alpha value is -3.71. The highest BCUT2D eigenvalue weighted by molar-refractivity contribution is 6.03. The second-order valence-corrected chi connectivity index (χ2v) is 6.83. The van der Waals surface area contributed by atoms with Crippen molar-refractivity contribution < 1.29 is 9.60 Å². The summed E-state index contributed by atoms with van der Waals surface area (Å²) in [6.07, 6.45) is 11.4. The van der Waals surface area contributed by atoms with Gasteiger partial charge >= 0.3 is 0 Å². The van der Waals surface area contributed by atoms with Crippen molar-refractivity contribution in [2.45, 2.75) is 12.8 Å². The van der Waals surface area contributed by atoms with E-state index in [0.29, 0.717) is 5.69 Å². The van der Waals surface area contributed by atoms with Crippen LogP contribution in [0.15, 0.2) is 47.6 Å². The second kappa shape index (κ2) is 6.47. The molecule has 3 nitrogen and oxygen atoms in total. The summed E-state index contributed by atoms with van der Waals surface area (Å²) in [5.41, 5.74) is 6.34. The van der Waals surface area contributed by atoms with E-state index in [0.717, 1.165) is 24.6 Å². The zero-order chi connectivity index (χ0) is 19.1. The molecule has 0 atom stereocenters. The van der Waals surface area contributed by atoms with E-state index in [2.05, 4.69) is 64.5 Å². The van der Waals surface area contributed by atoms with Gasteiger partial charge in [0.05, 0.1) is 6.21 Å². The van der Waals surface area contributed by atoms with Crippen molar-refractivity contribution in [3.05, 3.63) is 87.5 Å². The molecule has 134 valence electrons. The Labute approximate surface area is 161 Å². The minimum atomic E-state index is -0.553. The van der Waals surface area contributed by atoms with Crippen molar-refractivity contribution >= 4 is 29.1 Å². The number of oxime groups is 1. The van der Waals surface area contributed by atoms with Gasteiger partial charge < -0.3 is 5.21 Å². The molecule has 4 heteroatoms. The van der Waals surface area contributed by atoms with E-state index in [1.165, 1.54) is 45.2 Å². The van der Waals surface area contributed by atoms with E-state index >= 15 is 0 Å². The number of allylic oxidation sites excluding steroid dienone is 2. The fourth-order valence-corrected chi connectivity index (χ4v) is 3.96. The predicted molar refractivity (Wildman–Crippen MR) is 109 cm³/mol. The molecule has 0 spiro atoms. The van der Waals surface area contributed by atoms with Crippen LogP contribution in [0.25, 0.3) is 22.9 Å². The Kier molecular flexibility index (Phi) is 3.80. The molecular weight excluding hydrogens is 351 g/mol. The van der Waals surface area contributed by atoms with Gasteiger partial charge in [0.2, 0.25) is 0 Å². The monoisotopic (exact) mass is 366 g/mol. The van der Waals surface area contributed by atoms with Crippen LogP contribution in [0.4, 0.5) is 4.39 Å². The molecule has 5 rings (SSSR count). The molecule has 1 aromatic heterocycles. The summed E-state index contributed by atoms with van der Waals surface area (Å²) in [7, 11) is 0. The topological polar surface area (TPSA) is 45.5 Å². The van der Waals surface area contributed by atoms with E-state index in [4.69, 9.17) is 5.21 Å². The number of hydrogen-bond acceptors (Lipinski definition) is 3. The van der Waals surface area contributed by atoms with E-state index < -0.39 is 5.82 Å². The Morgan fingerprint density at radius 3 is 2.61 bits per heavy atom. The largest absolute Gasteiger partial charge is 0.411 e. The first-order valence-corrected chi connectivity index (χ1v) is 9.05. The van der Waals surface area contributed by atoms with Crippen molar-refractivity contribution in [2.24, 2.45) is 5.16 Å². The fraction of sp³-hybridized carbons (Fsp3) is 0.0833. The SMILES string of the molecule is ON=Cc1nc(C#Cc2cc3c4c(ccc5c4c2CC=C5)C=CC3)ccc1F. The maximum absolute atomic E-state index is 13.7. The average molecular weight is 366 g/mol. The van der Waals surface area contributed by atoms with Crippen LogP contribution >= 0.6 is 0 Å². The van der Waals surface area contributed by atoms with Gasteiger partial charge in [-0.05, 0) is 70.0 Å². The van der Waals surface area contributed by atoms with Crippen LogP contribution < -0.4 is 0 Å². The minimum absolute atomic E-state index is 0.0377. The molecule has 2 aromatic carbocycles. The average Bonchev–Trinajstić information content (AvgIpc) is 2.73. The third kappa shape index (κ3) is 2.60. The molecule has 28 heavy (non-hydrogen) atoms. The molecule has 1 heterocycles. The van der Waals surface area contributed by atoms with Crippen LogP contribution in [0, 0.1) is 17.7 Å². The van der Waals surface area contributed by atoms with Gasteiger partial charge in [-0.25, -0.2) is 9.37 Å². The normalized spacial score (nSPS) is 13.8. The molecule has 0 radical (unpaired) electrons. The zero-order valence-electron chi connectivity index (χ0n) is 14.9. The van der Waals surface area contributed by atoms with Gasteiger partial charge in [0.1, 0.15) is 11.4 Å². The van der Waals surface area contributed by atoms with Crippen molar-refractivity contribution in [3.8, 4) is 11.8 Å². The van der Waals surface area contributed by atoms with Gasteiger partial charge in [-0.2, -0.15) is 0 Å². The molecule has 0 bridgehead atoms. The van der Waals surface area contributed by atoms with Gasteiger partial charge in [-0.3, -0.25) is 0 Å². The van der Waals surface area contributed by atoms with E-state index in [9.17, 15) is 4.39 Å². The molecule has 0 saturated heterocycles. The van der Waals surface area contributed by atoms with Gasteiger partial charge in [-0.15, -0.1) is 0 Å². The van der Waals surface area contributed by atoms with Crippen LogP contribution in [0.1, 0.15) is 39.2 Å². The number of rotatable bonds is 1. The molecule has 1 N–H and O–H groups in total. The first-order chi connectivity index (χ1) is 13.7. The third-order valence-corrected chi connectivity index (χ3v) is 5.17. The van der Waals surface area contributed by atoms with E-state index in [1.54, 1.807) is 0 Å². The Balaban J connectivity index is 1.68. The van der Waals surface area contributed by atoms with Crippen molar-refractivity contribution in [1.29, 1.82) is 0 Å². The van der Waals surface area contributed by atoms with Gasteiger partial charge in [-0.1, -0.05) is 47.5 Å². The van der Waals surface area contributed by atoms with E-state index in [1.807, 2.05) is 0 Å². The zero-order valence-corrected chi connectivity index (χ0v) is 14.9. The second-order valence-electron chi connectivity index (χ2n) is 6.83. The lowest BCUT2D eigenvalue weighted by Gasteiger charge is -2.21. The molecule has 2 aliphatic carbocycles. The number of benzene rings is 2. The smallest absolute Gasteiger partial charge is 0.150 e. The summed E-state index contributed by atoms with van der Waals surface area (Å²) in [4.78, 5) is 4.11. The van der Waals surface area contributed by atoms with Gasteiger partial charge in [0, 0.05) is 5.56 Å². The number of aromatic nitrogens is 1. The maximum Gasteiger partial charge on any atom is 0.150 e. The Bertz CT molecular complexity index is 1290. The van der Waals surface area contributed by atoms with Crippen LogP contribution in [0.2, 0.25) is 0 Å². The number of hydrogen-bond donors (Lipinski definition) is 1. The lowest BCUT2D eigenvalue weighted by molar-refractivity contribution is 0.321. The van der Waals surface area contributed by atoms with E-state index in [-0.39, 0.29) is 5.69 Å². The molecule has 0 unspecified atom stereocenters. The molecule has 2 aliphatic rings. The molecule has 3 aromatic rings. The summed E-state index contributed by atoms with van der Waals surface area (Å²) in [6.45, 7) is 0. The predicted octanol–water partition coefficient (Wildman–Crippen LogP) is 4.72. The van der Waals surface area contributed by atoms with Crippen LogP contribution in [0.3, 0.4) is 0 Å². The molecule has 0 fully saturated rings. The quantitative estimate of drug-likeness (QED) is 0.293. The highest BCUT2D eigenvalue weighted by atomic mass is 19.1. The Morgan fingerprint density at radius 2 is 1.79 bits per heavy atom. The van der Waals surface area contributed by atoms with Crippen LogP contribution in [-0.4, -0.2) is 16.4 Å². The number of halogens is 1. The Morgan fingerprint density at radius 1 is 1.00 bits per heavy atom. The summed E-state index contributed by atoms with van der Waals surface area (Å²) in [5.74, 6) is 5.73. The summed E-state index contributed by atoms with van der Waals surface area (Å²) < 4.78 is 13.7. The summed E-state index contributed by atoms with van der Waals surface area (Å²) in [5, 5.41) is 14.1. The standard InChI is InChI=1S/C24H15FN2O/c25-21-12-11-19(27-22(21)14-26-28)10-9-17-13-18-5-1-3-15-7-8-16-4-2-6-20(17)24(16)23(15)18/h1-4,7-8,11-14,28H,5-6H2. The first kappa shape index (κ1) is 16.5. The molecule has 0 amide bonds. The van der Waals surface area contributed by atoms with Crippen molar-refractivity contribution in [3.63, 3.8) is 0 Å². The van der Waals surface area contributed by atoms with Crippen molar-refractivity contribution in [1.82, 2.24) is 4.98 Å². The highest BCUT2D eigenvalue weighted by Gasteiger charge is 2.18. The number of pyridine rings is 1. The maximum atomic E-state index is 13.7. The lowest BCUT2D eigenvalue weighted by Crippen LogP contribution is -2.03. The molecule has 0 aliphatic heterocycles. The van der Waals surface area contributed by atoms with Gasteiger partial charge in [0.15, 0.2) is 5.82 Å². The minimum Gasteiger partial charge on any atom is -0.411 e. The third-order valence-electron chi connectivity index (χ3n) is 5.17. The lowest BCUT2D eigenvalue weighted by atomic mass is 9.82. The summed E-state index contributed by atoms with van der Waals surface area (Å²) >= 11 is 0. The van der Waals surface area contributed by atoms with Gasteiger partial charge in [0.25, 0.3) is 0 Å². The molecule has 0 saturated carbocycles. The van der Waals surface area contributed by atoms with Crippen LogP contribution in [0.5, 0.6) is 0 Å². The fourth-order valence-electron chi connectivity index (χ4n) is 3.96. The van der Waals surface area contributed by atoms with Crippen molar-refractivity contribution in [2.75, 3.05) is 0 Å². The summed E-state index contributed by atoms with van der Waals surface area (Å²) in [6, 6.07) is 9.31.